The number of thioether (sulfide) groups is 1. The molecule has 2 unspecified atom stereocenters. The van der Waals surface area contributed by atoms with Crippen LogP contribution in [0, 0.1) is 12.8 Å². The lowest BCUT2D eigenvalue weighted by atomic mass is 10.1. The Morgan fingerprint density at radius 2 is 2.00 bits per heavy atom. The maximum atomic E-state index is 13.3. The van der Waals surface area contributed by atoms with Crippen molar-refractivity contribution in [3.8, 4) is 0 Å². The summed E-state index contributed by atoms with van der Waals surface area (Å²) in [7, 11) is 0. The molecule has 2 aliphatic heterocycles. The van der Waals surface area contributed by atoms with Gasteiger partial charge >= 0.3 is 0 Å². The van der Waals surface area contributed by atoms with Crippen molar-refractivity contribution in [2.45, 2.75) is 51.4 Å². The second-order valence-corrected chi connectivity index (χ2v) is 9.57. The Kier molecular flexibility index (Phi) is 7.41. The lowest BCUT2D eigenvalue weighted by molar-refractivity contribution is -0.124. The molecule has 0 aliphatic carbocycles. The molecule has 1 aromatic rings. The maximum Gasteiger partial charge on any atom is 0.255 e. The summed E-state index contributed by atoms with van der Waals surface area (Å²) in [6.07, 6.45) is 3.41. The van der Waals surface area contributed by atoms with Crippen LogP contribution in [-0.2, 0) is 4.79 Å². The van der Waals surface area contributed by atoms with Gasteiger partial charge in [0, 0.05) is 24.4 Å². The van der Waals surface area contributed by atoms with Crippen LogP contribution < -0.4 is 5.32 Å². The summed E-state index contributed by atoms with van der Waals surface area (Å²) in [5, 5.41) is 3.14. The molecule has 1 N–H and O–H groups in total. The third-order valence-corrected chi connectivity index (χ3v) is 6.81. The second kappa shape index (κ2) is 9.79. The van der Waals surface area contributed by atoms with Crippen LogP contribution in [0.3, 0.4) is 0 Å². The van der Waals surface area contributed by atoms with E-state index in [4.69, 9.17) is 0 Å². The first-order valence-electron chi connectivity index (χ1n) is 10.5. The predicted molar refractivity (Wildman–Crippen MR) is 116 cm³/mol. The topological polar surface area (TPSA) is 52.7 Å². The number of hydrogen-bond acceptors (Lipinski definition) is 4. The number of aryl methyl sites for hydroxylation is 1. The molecule has 2 heterocycles. The molecule has 2 atom stereocenters. The largest absolute Gasteiger partial charge is 0.353 e. The minimum Gasteiger partial charge on any atom is -0.353 e. The molecule has 2 aliphatic rings. The first-order chi connectivity index (χ1) is 13.5. The van der Waals surface area contributed by atoms with Crippen molar-refractivity contribution in [2.75, 3.05) is 31.9 Å². The van der Waals surface area contributed by atoms with E-state index in [9.17, 15) is 9.59 Å². The summed E-state index contributed by atoms with van der Waals surface area (Å²) in [5.74, 6) is 1.10. The van der Waals surface area contributed by atoms with E-state index in [2.05, 4.69) is 24.1 Å². The lowest BCUT2D eigenvalue weighted by Crippen LogP contribution is -2.51. The Bertz CT molecular complexity index is 688. The summed E-state index contributed by atoms with van der Waals surface area (Å²) < 4.78 is 0. The summed E-state index contributed by atoms with van der Waals surface area (Å²) in [6, 6.07) is 7.28. The molecular formula is C22H33N3O2S. The van der Waals surface area contributed by atoms with Gasteiger partial charge in [-0.1, -0.05) is 31.5 Å². The van der Waals surface area contributed by atoms with Crippen molar-refractivity contribution in [2.24, 2.45) is 5.92 Å². The van der Waals surface area contributed by atoms with Crippen LogP contribution in [0.1, 0.15) is 49.0 Å². The lowest BCUT2D eigenvalue weighted by Gasteiger charge is -2.30. The van der Waals surface area contributed by atoms with E-state index >= 15 is 0 Å². The number of carbonyl (C=O) groups is 2. The van der Waals surface area contributed by atoms with E-state index in [-0.39, 0.29) is 23.2 Å². The minimum atomic E-state index is -0.389. The number of nitrogens with one attached hydrogen (secondary N) is 1. The van der Waals surface area contributed by atoms with Gasteiger partial charge in [-0.3, -0.25) is 9.59 Å². The Hall–Kier alpha value is -1.53. The predicted octanol–water partition coefficient (Wildman–Crippen LogP) is 3.14. The average Bonchev–Trinajstić information content (AvgIpc) is 3.30. The van der Waals surface area contributed by atoms with E-state index in [1.54, 1.807) is 11.8 Å². The third kappa shape index (κ3) is 5.29. The summed E-state index contributed by atoms with van der Waals surface area (Å²) in [4.78, 5) is 30.5. The molecule has 5 nitrogen and oxygen atoms in total. The van der Waals surface area contributed by atoms with E-state index in [1.165, 1.54) is 12.8 Å². The van der Waals surface area contributed by atoms with Gasteiger partial charge in [-0.15, -0.1) is 11.8 Å². The van der Waals surface area contributed by atoms with Crippen molar-refractivity contribution in [1.82, 2.24) is 15.1 Å². The van der Waals surface area contributed by atoms with E-state index in [0.29, 0.717) is 23.8 Å². The van der Waals surface area contributed by atoms with Gasteiger partial charge in [-0.2, -0.15) is 0 Å². The van der Waals surface area contributed by atoms with Gasteiger partial charge in [0.15, 0.2) is 0 Å². The zero-order chi connectivity index (χ0) is 20.1. The highest BCUT2D eigenvalue weighted by atomic mass is 32.2. The van der Waals surface area contributed by atoms with Gasteiger partial charge in [0.1, 0.15) is 6.04 Å². The number of nitrogens with zero attached hydrogens (tertiary/aromatic N) is 2. The van der Waals surface area contributed by atoms with Crippen LogP contribution >= 0.6 is 11.8 Å². The highest BCUT2D eigenvalue weighted by Crippen LogP contribution is 2.34. The number of hydrogen-bond donors (Lipinski definition) is 1. The molecule has 6 heteroatoms. The number of amides is 2. The molecule has 2 amide bonds. The molecule has 1 aromatic carbocycles. The number of carbonyl (C=O) groups excluding carboxylic acids is 2. The monoisotopic (exact) mass is 403 g/mol. The molecule has 154 valence electrons. The fourth-order valence-corrected chi connectivity index (χ4v) is 5.65. The summed E-state index contributed by atoms with van der Waals surface area (Å²) in [5.41, 5.74) is 1.73. The van der Waals surface area contributed by atoms with Gasteiger partial charge in [0.05, 0.1) is 5.37 Å². The first kappa shape index (κ1) is 21.2. The Balaban J connectivity index is 1.68. The molecule has 2 fully saturated rings. The SMILES string of the molecule is Cc1cccc(C(=O)N2C(CC(C)C)SCC2C(=O)NCCN2CCCC2)c1. The van der Waals surface area contributed by atoms with E-state index in [1.807, 2.05) is 36.1 Å². The molecular weight excluding hydrogens is 370 g/mol. The Morgan fingerprint density at radius 3 is 2.68 bits per heavy atom. The molecule has 3 rings (SSSR count). The highest BCUT2D eigenvalue weighted by molar-refractivity contribution is 8.00. The summed E-state index contributed by atoms with van der Waals surface area (Å²) in [6.45, 7) is 10.1. The van der Waals surface area contributed by atoms with Crippen molar-refractivity contribution in [1.29, 1.82) is 0 Å². The first-order valence-corrected chi connectivity index (χ1v) is 11.5. The fraction of sp³-hybridized carbons (Fsp3) is 0.636. The van der Waals surface area contributed by atoms with Crippen LogP contribution in [0.25, 0.3) is 0 Å². The zero-order valence-electron chi connectivity index (χ0n) is 17.3. The third-order valence-electron chi connectivity index (χ3n) is 5.49. The fourth-order valence-electron chi connectivity index (χ4n) is 4.01. The maximum absolute atomic E-state index is 13.3. The van der Waals surface area contributed by atoms with Crippen molar-refractivity contribution >= 4 is 23.6 Å². The molecule has 2 saturated heterocycles. The van der Waals surface area contributed by atoms with Crippen LogP contribution in [0.4, 0.5) is 0 Å². The number of benzene rings is 1. The van der Waals surface area contributed by atoms with Crippen molar-refractivity contribution in [3.05, 3.63) is 35.4 Å². The number of likely N-dealkylation sites (tertiary alicyclic amines) is 1. The van der Waals surface area contributed by atoms with Gasteiger partial charge in [-0.05, 0) is 57.3 Å². The molecule has 0 saturated carbocycles. The van der Waals surface area contributed by atoms with Gasteiger partial charge in [0.25, 0.3) is 5.91 Å². The standard InChI is InChI=1S/C22H33N3O2S/c1-16(2)13-20-25(22(27)18-8-6-7-17(3)14-18)19(15-28-20)21(26)23-9-12-24-10-4-5-11-24/h6-8,14,16,19-20H,4-5,9-13,15H2,1-3H3,(H,23,26). The highest BCUT2D eigenvalue weighted by Gasteiger charge is 2.41. The smallest absolute Gasteiger partial charge is 0.255 e. The molecule has 28 heavy (non-hydrogen) atoms. The van der Waals surface area contributed by atoms with Crippen LogP contribution in [0.5, 0.6) is 0 Å². The number of rotatable bonds is 7. The summed E-state index contributed by atoms with van der Waals surface area (Å²) >= 11 is 1.74. The quantitative estimate of drug-likeness (QED) is 0.760. The second-order valence-electron chi connectivity index (χ2n) is 8.36. The van der Waals surface area contributed by atoms with E-state index in [0.717, 1.165) is 31.6 Å². The Morgan fingerprint density at radius 1 is 1.25 bits per heavy atom. The average molecular weight is 404 g/mol. The van der Waals surface area contributed by atoms with Crippen LogP contribution in [0.15, 0.2) is 24.3 Å². The Labute approximate surface area is 173 Å². The molecule has 0 spiro atoms. The van der Waals surface area contributed by atoms with Crippen molar-refractivity contribution < 1.29 is 9.59 Å². The minimum absolute atomic E-state index is 0.0149. The van der Waals surface area contributed by atoms with E-state index < -0.39 is 0 Å². The molecule has 0 radical (unpaired) electrons. The molecule has 0 bridgehead atoms. The van der Waals surface area contributed by atoms with Crippen LogP contribution in [0.2, 0.25) is 0 Å². The van der Waals surface area contributed by atoms with Crippen LogP contribution in [-0.4, -0.2) is 65.0 Å². The normalized spacial score (nSPS) is 22.8. The van der Waals surface area contributed by atoms with Gasteiger partial charge < -0.3 is 15.1 Å². The van der Waals surface area contributed by atoms with Crippen molar-refractivity contribution in [3.63, 3.8) is 0 Å². The van der Waals surface area contributed by atoms with Gasteiger partial charge in [0.2, 0.25) is 5.91 Å². The van der Waals surface area contributed by atoms with Gasteiger partial charge in [-0.25, -0.2) is 0 Å². The zero-order valence-corrected chi connectivity index (χ0v) is 18.1. The molecule has 0 aromatic heterocycles.